The fourth-order valence-electron chi connectivity index (χ4n) is 2.93. The molecule has 0 unspecified atom stereocenters. The summed E-state index contributed by atoms with van der Waals surface area (Å²) in [5, 5.41) is 8.67. The van der Waals surface area contributed by atoms with E-state index < -0.39 is 0 Å². The molecule has 1 saturated heterocycles. The Morgan fingerprint density at radius 1 is 1.04 bits per heavy atom. The van der Waals surface area contributed by atoms with Crippen molar-refractivity contribution in [1.82, 2.24) is 14.8 Å². The Morgan fingerprint density at radius 3 is 2.38 bits per heavy atom. The largest absolute Gasteiger partial charge is 0.484 e. The van der Waals surface area contributed by atoms with Crippen molar-refractivity contribution in [3.8, 4) is 11.8 Å². The molecule has 0 atom stereocenters. The smallest absolute Gasteiger partial charge is 0.260 e. The molecule has 2 aromatic rings. The van der Waals surface area contributed by atoms with Gasteiger partial charge in [0.15, 0.2) is 6.61 Å². The minimum atomic E-state index is 0.00895. The van der Waals surface area contributed by atoms with Crippen LogP contribution in [0.2, 0.25) is 0 Å². The molecule has 3 rings (SSSR count). The van der Waals surface area contributed by atoms with Gasteiger partial charge >= 0.3 is 0 Å². The highest BCUT2D eigenvalue weighted by molar-refractivity contribution is 5.77. The van der Waals surface area contributed by atoms with Crippen LogP contribution >= 0.6 is 0 Å². The molecule has 1 fully saturated rings. The molecule has 134 valence electrons. The number of piperazine rings is 1. The van der Waals surface area contributed by atoms with Gasteiger partial charge in [-0.25, -0.2) is 0 Å². The zero-order chi connectivity index (χ0) is 18.2. The van der Waals surface area contributed by atoms with Crippen LogP contribution in [0.3, 0.4) is 0 Å². The van der Waals surface area contributed by atoms with E-state index in [2.05, 4.69) is 16.0 Å². The quantitative estimate of drug-likeness (QED) is 0.795. The molecule has 0 saturated carbocycles. The summed E-state index contributed by atoms with van der Waals surface area (Å²) in [4.78, 5) is 20.6. The minimum absolute atomic E-state index is 0.00895. The van der Waals surface area contributed by atoms with Crippen LogP contribution in [0.5, 0.6) is 5.75 Å². The van der Waals surface area contributed by atoms with Gasteiger partial charge in [0, 0.05) is 45.1 Å². The average Bonchev–Trinajstić information content (AvgIpc) is 2.69. The van der Waals surface area contributed by atoms with Gasteiger partial charge in [-0.15, -0.1) is 0 Å². The summed E-state index contributed by atoms with van der Waals surface area (Å²) in [5.41, 5.74) is 2.18. The molecule has 1 aliphatic heterocycles. The van der Waals surface area contributed by atoms with Crippen molar-refractivity contribution in [2.24, 2.45) is 0 Å². The third-order valence-electron chi connectivity index (χ3n) is 4.45. The number of hydrogen-bond acceptors (Lipinski definition) is 5. The predicted octanol–water partition coefficient (Wildman–Crippen LogP) is 1.87. The molecular weight excluding hydrogens is 328 g/mol. The number of benzene rings is 1. The first-order chi connectivity index (χ1) is 12.7. The molecule has 1 aromatic carbocycles. The molecule has 6 nitrogen and oxygen atoms in total. The number of aromatic nitrogens is 1. The van der Waals surface area contributed by atoms with Gasteiger partial charge in [-0.2, -0.15) is 5.26 Å². The number of amides is 1. The summed E-state index contributed by atoms with van der Waals surface area (Å²) in [6.45, 7) is 4.08. The third-order valence-corrected chi connectivity index (χ3v) is 4.45. The van der Waals surface area contributed by atoms with E-state index >= 15 is 0 Å². The Hall–Kier alpha value is -2.91. The Morgan fingerprint density at radius 2 is 1.73 bits per heavy atom. The first-order valence-electron chi connectivity index (χ1n) is 8.72. The zero-order valence-corrected chi connectivity index (χ0v) is 14.7. The highest BCUT2D eigenvalue weighted by Gasteiger charge is 2.21. The second-order valence-corrected chi connectivity index (χ2v) is 6.28. The number of hydrogen-bond donors (Lipinski definition) is 0. The van der Waals surface area contributed by atoms with Crippen LogP contribution in [0, 0.1) is 11.3 Å². The number of carbonyl (C=O) groups is 1. The summed E-state index contributed by atoms with van der Waals surface area (Å²) in [6, 6.07) is 13.4. The number of nitrogens with zero attached hydrogens (tertiary/aromatic N) is 4. The van der Waals surface area contributed by atoms with Crippen molar-refractivity contribution >= 4 is 5.91 Å². The lowest BCUT2D eigenvalue weighted by Gasteiger charge is -2.34. The molecule has 0 spiro atoms. The fraction of sp³-hybridized carbons (Fsp3) is 0.350. The van der Waals surface area contributed by atoms with E-state index in [0.29, 0.717) is 25.3 Å². The number of ether oxygens (including phenoxy) is 1. The lowest BCUT2D eigenvalue weighted by molar-refractivity contribution is -0.135. The first kappa shape index (κ1) is 17.9. The molecular formula is C20H22N4O2. The SMILES string of the molecule is N#CCc1ccc(OCC(=O)N2CCN(Cc3ccncc3)CC2)cc1. The van der Waals surface area contributed by atoms with Crippen molar-refractivity contribution in [3.63, 3.8) is 0 Å². The average molecular weight is 350 g/mol. The molecule has 26 heavy (non-hydrogen) atoms. The molecule has 0 bridgehead atoms. The van der Waals surface area contributed by atoms with Gasteiger partial charge in [0.25, 0.3) is 5.91 Å². The van der Waals surface area contributed by atoms with E-state index in [1.54, 1.807) is 24.5 Å². The maximum Gasteiger partial charge on any atom is 0.260 e. The zero-order valence-electron chi connectivity index (χ0n) is 14.7. The molecule has 0 aliphatic carbocycles. The van der Waals surface area contributed by atoms with Gasteiger partial charge in [0.1, 0.15) is 5.75 Å². The van der Waals surface area contributed by atoms with Gasteiger partial charge in [0.2, 0.25) is 0 Å². The van der Waals surface area contributed by atoms with Gasteiger partial charge in [-0.3, -0.25) is 14.7 Å². The predicted molar refractivity (Wildman–Crippen MR) is 97.3 cm³/mol. The summed E-state index contributed by atoms with van der Waals surface area (Å²) in [5.74, 6) is 0.658. The number of rotatable bonds is 6. The van der Waals surface area contributed by atoms with Crippen LogP contribution in [0.15, 0.2) is 48.8 Å². The van der Waals surface area contributed by atoms with E-state index in [1.807, 2.05) is 29.2 Å². The molecule has 0 N–H and O–H groups in total. The molecule has 1 amide bonds. The van der Waals surface area contributed by atoms with Crippen LogP contribution in [0.4, 0.5) is 0 Å². The van der Waals surface area contributed by atoms with Crippen molar-refractivity contribution in [2.45, 2.75) is 13.0 Å². The monoisotopic (exact) mass is 350 g/mol. The summed E-state index contributed by atoms with van der Waals surface area (Å²) >= 11 is 0. The van der Waals surface area contributed by atoms with Gasteiger partial charge in [-0.1, -0.05) is 12.1 Å². The highest BCUT2D eigenvalue weighted by atomic mass is 16.5. The molecule has 1 aliphatic rings. The van der Waals surface area contributed by atoms with Gasteiger partial charge in [-0.05, 0) is 35.4 Å². The Labute approximate surface area is 153 Å². The van der Waals surface area contributed by atoms with Gasteiger partial charge in [0.05, 0.1) is 12.5 Å². The second-order valence-electron chi connectivity index (χ2n) is 6.28. The van der Waals surface area contributed by atoms with Crippen molar-refractivity contribution in [1.29, 1.82) is 5.26 Å². The van der Waals surface area contributed by atoms with E-state index in [0.717, 1.165) is 25.2 Å². The second kappa shape index (κ2) is 8.97. The van der Waals surface area contributed by atoms with Crippen LogP contribution in [-0.2, 0) is 17.8 Å². The highest BCUT2D eigenvalue weighted by Crippen LogP contribution is 2.13. The number of carbonyl (C=O) groups excluding carboxylic acids is 1. The minimum Gasteiger partial charge on any atom is -0.484 e. The topological polar surface area (TPSA) is 69.5 Å². The van der Waals surface area contributed by atoms with Gasteiger partial charge < -0.3 is 9.64 Å². The Bertz CT molecular complexity index is 748. The van der Waals surface area contributed by atoms with Crippen LogP contribution < -0.4 is 4.74 Å². The summed E-state index contributed by atoms with van der Waals surface area (Å²) in [6.07, 6.45) is 3.99. The van der Waals surface area contributed by atoms with Crippen molar-refractivity contribution < 1.29 is 9.53 Å². The third kappa shape index (κ3) is 5.04. The van der Waals surface area contributed by atoms with Crippen LogP contribution in [0.25, 0.3) is 0 Å². The number of pyridine rings is 1. The Kier molecular flexibility index (Phi) is 6.18. The number of nitriles is 1. The van der Waals surface area contributed by atoms with E-state index in [4.69, 9.17) is 10.00 Å². The van der Waals surface area contributed by atoms with E-state index in [9.17, 15) is 4.79 Å². The van der Waals surface area contributed by atoms with Crippen LogP contribution in [-0.4, -0.2) is 53.5 Å². The maximum absolute atomic E-state index is 12.3. The molecule has 6 heteroatoms. The summed E-state index contributed by atoms with van der Waals surface area (Å²) < 4.78 is 5.58. The standard InChI is InChI=1S/C20H22N4O2/c21-8-5-17-1-3-19(4-2-17)26-16-20(25)24-13-11-23(12-14-24)15-18-6-9-22-10-7-18/h1-4,6-7,9-10H,5,11-16H2. The molecule has 2 heterocycles. The normalized spacial score (nSPS) is 14.7. The molecule has 1 aromatic heterocycles. The fourth-order valence-corrected chi connectivity index (χ4v) is 2.93. The maximum atomic E-state index is 12.3. The lowest BCUT2D eigenvalue weighted by atomic mass is 10.2. The Balaban J connectivity index is 1.41. The van der Waals surface area contributed by atoms with E-state index in [-0.39, 0.29) is 12.5 Å². The van der Waals surface area contributed by atoms with Crippen molar-refractivity contribution in [2.75, 3.05) is 32.8 Å². The molecule has 0 radical (unpaired) electrons. The van der Waals surface area contributed by atoms with Crippen LogP contribution in [0.1, 0.15) is 11.1 Å². The summed E-state index contributed by atoms with van der Waals surface area (Å²) in [7, 11) is 0. The van der Waals surface area contributed by atoms with E-state index in [1.165, 1.54) is 5.56 Å². The lowest BCUT2D eigenvalue weighted by Crippen LogP contribution is -2.49. The van der Waals surface area contributed by atoms with Crippen molar-refractivity contribution in [3.05, 3.63) is 59.9 Å². The first-order valence-corrected chi connectivity index (χ1v) is 8.72.